The molecule has 0 unspecified atom stereocenters. The summed E-state index contributed by atoms with van der Waals surface area (Å²) in [6.45, 7) is 0.213. The smallest absolute Gasteiger partial charge is 0.415 e. The number of aliphatic carboxylic acids is 1. The molecule has 4 aromatic rings. The van der Waals surface area contributed by atoms with Crippen LogP contribution in [0.15, 0.2) is 60.7 Å². The number of carboxylic acid groups (broad SMARTS) is 1. The molecule has 8 nitrogen and oxygen atoms in total. The Kier molecular flexibility index (Phi) is 4.82. The maximum absolute atomic E-state index is 12.8. The fourth-order valence-electron chi connectivity index (χ4n) is 4.13. The molecule has 0 radical (unpaired) electrons. The van der Waals surface area contributed by atoms with Crippen molar-refractivity contribution in [3.05, 3.63) is 77.6 Å². The van der Waals surface area contributed by atoms with Crippen LogP contribution in [0.3, 0.4) is 0 Å². The Balaban J connectivity index is 1.33. The van der Waals surface area contributed by atoms with Crippen LogP contribution in [-0.4, -0.2) is 45.8 Å². The zero-order chi connectivity index (χ0) is 22.2. The van der Waals surface area contributed by atoms with Crippen molar-refractivity contribution in [2.75, 3.05) is 18.6 Å². The molecule has 0 bridgehead atoms. The second-order valence-electron chi connectivity index (χ2n) is 7.66. The predicted octanol–water partition coefficient (Wildman–Crippen LogP) is 3.97. The van der Waals surface area contributed by atoms with Crippen molar-refractivity contribution in [2.24, 2.45) is 0 Å². The van der Waals surface area contributed by atoms with E-state index < -0.39 is 12.1 Å². The van der Waals surface area contributed by atoms with E-state index in [4.69, 9.17) is 9.84 Å². The topological polar surface area (TPSA) is 108 Å². The van der Waals surface area contributed by atoms with Crippen molar-refractivity contribution in [3.8, 4) is 11.1 Å². The maximum atomic E-state index is 12.8. The lowest BCUT2D eigenvalue weighted by Gasteiger charge is -2.19. The first-order chi connectivity index (χ1) is 15.5. The number of hydrogen-bond acceptors (Lipinski definition) is 5. The summed E-state index contributed by atoms with van der Waals surface area (Å²) in [5.41, 5.74) is 5.57. The molecule has 1 amide bonds. The number of fused-ring (bicyclic) bond motifs is 4. The summed E-state index contributed by atoms with van der Waals surface area (Å²) < 4.78 is 5.67. The van der Waals surface area contributed by atoms with Gasteiger partial charge < -0.3 is 14.8 Å². The van der Waals surface area contributed by atoms with Crippen LogP contribution in [0.1, 0.15) is 22.9 Å². The summed E-state index contributed by atoms with van der Waals surface area (Å²) in [5, 5.41) is 8.93. The van der Waals surface area contributed by atoms with Gasteiger partial charge in [0.1, 0.15) is 24.7 Å². The molecule has 0 atom stereocenters. The van der Waals surface area contributed by atoms with Gasteiger partial charge in [-0.3, -0.25) is 9.69 Å². The lowest BCUT2D eigenvalue weighted by Crippen LogP contribution is -2.29. The van der Waals surface area contributed by atoms with Crippen molar-refractivity contribution in [1.82, 2.24) is 15.0 Å². The Bertz CT molecular complexity index is 1300. The molecule has 160 valence electrons. The zero-order valence-corrected chi connectivity index (χ0v) is 17.3. The zero-order valence-electron chi connectivity index (χ0n) is 17.3. The van der Waals surface area contributed by atoms with Crippen molar-refractivity contribution >= 4 is 29.0 Å². The van der Waals surface area contributed by atoms with Gasteiger partial charge in [0.25, 0.3) is 0 Å². The third-order valence-corrected chi connectivity index (χ3v) is 5.65. The molecule has 2 aromatic heterocycles. The summed E-state index contributed by atoms with van der Waals surface area (Å²) >= 11 is 0. The average Bonchev–Trinajstić information content (AvgIpc) is 3.34. The summed E-state index contributed by atoms with van der Waals surface area (Å²) in [6, 6.07) is 19.7. The standard InChI is InChI=1S/C24H20N4O4/c1-28(21-11-10-19-23(27-21)26-20(25-19)12-22(29)30)24(31)32-13-18-16-8-4-2-6-14(16)15-7-3-5-9-17(15)18/h2-11,18H,12-13H2,1H3,(H,29,30)(H,25,26,27). The molecule has 0 saturated heterocycles. The van der Waals surface area contributed by atoms with Crippen LogP contribution in [0.2, 0.25) is 0 Å². The SMILES string of the molecule is CN(C(=O)OCC1c2ccccc2-c2ccccc21)c1ccc2[nH]c(CC(=O)O)nc2n1. The Labute approximate surface area is 183 Å². The van der Waals surface area contributed by atoms with Gasteiger partial charge in [-0.15, -0.1) is 0 Å². The predicted molar refractivity (Wildman–Crippen MR) is 119 cm³/mol. The van der Waals surface area contributed by atoms with Crippen molar-refractivity contribution in [3.63, 3.8) is 0 Å². The molecule has 32 heavy (non-hydrogen) atoms. The maximum Gasteiger partial charge on any atom is 0.415 e. The third kappa shape index (κ3) is 3.45. The lowest BCUT2D eigenvalue weighted by atomic mass is 9.98. The van der Waals surface area contributed by atoms with Crippen molar-refractivity contribution < 1.29 is 19.4 Å². The van der Waals surface area contributed by atoms with Crippen LogP contribution in [-0.2, 0) is 16.0 Å². The highest BCUT2D eigenvalue weighted by atomic mass is 16.6. The van der Waals surface area contributed by atoms with Gasteiger partial charge in [-0.2, -0.15) is 0 Å². The third-order valence-electron chi connectivity index (χ3n) is 5.65. The quantitative estimate of drug-likeness (QED) is 0.498. The molecule has 0 fully saturated rings. The highest BCUT2D eigenvalue weighted by molar-refractivity contribution is 5.88. The Hall–Kier alpha value is -4.20. The first-order valence-corrected chi connectivity index (χ1v) is 10.2. The lowest BCUT2D eigenvalue weighted by molar-refractivity contribution is -0.136. The number of carbonyl (C=O) groups is 2. The molecule has 1 aliphatic rings. The van der Waals surface area contributed by atoms with E-state index in [1.54, 1.807) is 19.2 Å². The number of pyridine rings is 1. The van der Waals surface area contributed by atoms with Gasteiger partial charge in [-0.05, 0) is 34.4 Å². The van der Waals surface area contributed by atoms with Crippen LogP contribution in [0, 0.1) is 0 Å². The monoisotopic (exact) mass is 428 g/mol. The molecule has 0 saturated carbocycles. The highest BCUT2D eigenvalue weighted by Gasteiger charge is 2.29. The first kappa shape index (κ1) is 19.7. The number of benzene rings is 2. The summed E-state index contributed by atoms with van der Waals surface area (Å²) in [6.07, 6.45) is -0.756. The van der Waals surface area contributed by atoms with E-state index in [9.17, 15) is 9.59 Å². The average molecular weight is 428 g/mol. The number of nitrogens with zero attached hydrogens (tertiary/aromatic N) is 3. The van der Waals surface area contributed by atoms with Crippen LogP contribution >= 0.6 is 0 Å². The number of carboxylic acids is 1. The molecule has 0 aliphatic heterocycles. The van der Waals surface area contributed by atoms with Crippen LogP contribution < -0.4 is 4.90 Å². The molecule has 1 aliphatic carbocycles. The number of amides is 1. The number of ether oxygens (including phenoxy) is 1. The van der Waals surface area contributed by atoms with E-state index in [1.807, 2.05) is 24.3 Å². The van der Waals surface area contributed by atoms with E-state index in [0.29, 0.717) is 22.8 Å². The molecule has 2 N–H and O–H groups in total. The number of rotatable bonds is 5. The van der Waals surface area contributed by atoms with Crippen LogP contribution in [0.4, 0.5) is 10.6 Å². The fraction of sp³-hybridized carbons (Fsp3) is 0.167. The van der Waals surface area contributed by atoms with Gasteiger partial charge in [-0.25, -0.2) is 14.8 Å². The van der Waals surface area contributed by atoms with Gasteiger partial charge in [0.15, 0.2) is 5.65 Å². The van der Waals surface area contributed by atoms with Gasteiger partial charge in [0.05, 0.1) is 5.52 Å². The number of hydrogen-bond donors (Lipinski definition) is 2. The molecular formula is C24H20N4O4. The first-order valence-electron chi connectivity index (χ1n) is 10.2. The Morgan fingerprint density at radius 2 is 1.66 bits per heavy atom. The minimum absolute atomic E-state index is 0.0277. The second kappa shape index (κ2) is 7.81. The fourth-order valence-corrected chi connectivity index (χ4v) is 4.13. The van der Waals surface area contributed by atoms with Gasteiger partial charge in [-0.1, -0.05) is 48.5 Å². The molecule has 2 aromatic carbocycles. The van der Waals surface area contributed by atoms with Crippen LogP contribution in [0.25, 0.3) is 22.3 Å². The summed E-state index contributed by atoms with van der Waals surface area (Å²) in [4.78, 5) is 36.4. The van der Waals surface area contributed by atoms with E-state index in [-0.39, 0.29) is 18.9 Å². The number of aromatic amines is 1. The number of carbonyl (C=O) groups excluding carboxylic acids is 1. The van der Waals surface area contributed by atoms with Crippen molar-refractivity contribution in [2.45, 2.75) is 12.3 Å². The molecule has 2 heterocycles. The molecule has 0 spiro atoms. The molecular weight excluding hydrogens is 408 g/mol. The molecule has 5 rings (SSSR count). The van der Waals surface area contributed by atoms with E-state index >= 15 is 0 Å². The summed E-state index contributed by atoms with van der Waals surface area (Å²) in [5.74, 6) is -0.343. The van der Waals surface area contributed by atoms with E-state index in [0.717, 1.165) is 11.1 Å². The van der Waals surface area contributed by atoms with Gasteiger partial charge in [0.2, 0.25) is 0 Å². The Morgan fingerprint density at radius 3 is 2.31 bits per heavy atom. The highest BCUT2D eigenvalue weighted by Crippen LogP contribution is 2.44. The minimum Gasteiger partial charge on any atom is -0.481 e. The largest absolute Gasteiger partial charge is 0.481 e. The Morgan fingerprint density at radius 1 is 1.00 bits per heavy atom. The van der Waals surface area contributed by atoms with Gasteiger partial charge >= 0.3 is 12.1 Å². The summed E-state index contributed by atoms with van der Waals surface area (Å²) in [7, 11) is 1.58. The number of H-pyrrole nitrogens is 1. The normalized spacial score (nSPS) is 12.4. The number of aromatic nitrogens is 3. The van der Waals surface area contributed by atoms with Gasteiger partial charge in [0, 0.05) is 13.0 Å². The number of nitrogens with one attached hydrogen (secondary N) is 1. The number of anilines is 1. The molecule has 8 heteroatoms. The van der Waals surface area contributed by atoms with Crippen LogP contribution in [0.5, 0.6) is 0 Å². The van der Waals surface area contributed by atoms with E-state index in [2.05, 4.69) is 39.2 Å². The second-order valence-corrected chi connectivity index (χ2v) is 7.66. The van der Waals surface area contributed by atoms with Crippen molar-refractivity contribution in [1.29, 1.82) is 0 Å². The van der Waals surface area contributed by atoms with E-state index in [1.165, 1.54) is 16.0 Å². The minimum atomic E-state index is -0.986. The number of imidazole rings is 1.